The molecular formula is C35H45N7O2. The second-order valence-corrected chi connectivity index (χ2v) is 13.8. The Hall–Kier alpha value is -3.27. The van der Waals surface area contributed by atoms with Crippen molar-refractivity contribution < 1.29 is 9.47 Å². The number of hydrogen-bond donors (Lipinski definition) is 2. The monoisotopic (exact) mass is 595 g/mol. The molecule has 1 spiro atoms. The Labute approximate surface area is 259 Å². The number of benzene rings is 2. The van der Waals surface area contributed by atoms with Crippen LogP contribution in [0.25, 0.3) is 32.9 Å². The molecule has 5 heterocycles. The Morgan fingerprint density at radius 1 is 0.932 bits per heavy atom. The number of H-pyrrole nitrogens is 1. The summed E-state index contributed by atoms with van der Waals surface area (Å²) in [6, 6.07) is 6.76. The first kappa shape index (κ1) is 28.2. The van der Waals surface area contributed by atoms with E-state index in [-0.39, 0.29) is 0 Å². The maximum atomic E-state index is 6.82. The summed E-state index contributed by atoms with van der Waals surface area (Å²) in [4.78, 5) is 15.9. The molecule has 0 radical (unpaired) electrons. The Morgan fingerprint density at radius 2 is 1.73 bits per heavy atom. The molecule has 0 atom stereocenters. The Kier molecular flexibility index (Phi) is 7.23. The van der Waals surface area contributed by atoms with Gasteiger partial charge in [0.25, 0.3) is 0 Å². The average molecular weight is 596 g/mol. The Morgan fingerprint density at radius 3 is 2.43 bits per heavy atom. The van der Waals surface area contributed by atoms with Crippen molar-refractivity contribution in [2.24, 2.45) is 5.41 Å². The van der Waals surface area contributed by atoms with Crippen LogP contribution in [0.15, 0.2) is 24.4 Å². The first-order valence-corrected chi connectivity index (χ1v) is 16.6. The van der Waals surface area contributed by atoms with Gasteiger partial charge < -0.3 is 24.6 Å². The van der Waals surface area contributed by atoms with Gasteiger partial charge in [0.15, 0.2) is 5.75 Å². The zero-order valence-electron chi connectivity index (χ0n) is 26.4. The minimum absolute atomic E-state index is 0.346. The molecule has 0 bridgehead atoms. The summed E-state index contributed by atoms with van der Waals surface area (Å²) >= 11 is 0. The van der Waals surface area contributed by atoms with Crippen molar-refractivity contribution in [1.29, 1.82) is 0 Å². The van der Waals surface area contributed by atoms with E-state index in [9.17, 15) is 0 Å². The van der Waals surface area contributed by atoms with Crippen molar-refractivity contribution in [3.8, 4) is 16.9 Å². The molecule has 4 aromatic rings. The smallest absolute Gasteiger partial charge is 0.153 e. The second kappa shape index (κ2) is 11.3. The minimum Gasteiger partial charge on any atom is -0.488 e. The van der Waals surface area contributed by atoms with Crippen molar-refractivity contribution >= 4 is 27.6 Å². The van der Waals surface area contributed by atoms with Gasteiger partial charge >= 0.3 is 0 Å². The quantitative estimate of drug-likeness (QED) is 0.262. The van der Waals surface area contributed by atoms with Crippen LogP contribution in [0.2, 0.25) is 0 Å². The van der Waals surface area contributed by atoms with E-state index in [0.717, 1.165) is 91.3 Å². The van der Waals surface area contributed by atoms with Gasteiger partial charge in [0.05, 0.1) is 18.3 Å². The normalized spacial score (nSPS) is 20.9. The lowest BCUT2D eigenvalue weighted by Crippen LogP contribution is -2.58. The predicted molar refractivity (Wildman–Crippen MR) is 175 cm³/mol. The van der Waals surface area contributed by atoms with Gasteiger partial charge in [-0.1, -0.05) is 6.07 Å². The number of nitrogens with zero attached hydrogens (tertiary/aromatic N) is 5. The highest BCUT2D eigenvalue weighted by atomic mass is 16.5. The van der Waals surface area contributed by atoms with Crippen molar-refractivity contribution in [3.05, 3.63) is 41.3 Å². The molecule has 2 aromatic carbocycles. The molecule has 4 fully saturated rings. The predicted octanol–water partition coefficient (Wildman–Crippen LogP) is 5.38. The average Bonchev–Trinajstić information content (AvgIpc) is 3.77. The molecule has 1 aliphatic carbocycles. The van der Waals surface area contributed by atoms with E-state index in [1.165, 1.54) is 47.9 Å². The third kappa shape index (κ3) is 4.93. The molecule has 9 nitrogen and oxygen atoms in total. The van der Waals surface area contributed by atoms with E-state index in [1.54, 1.807) is 7.11 Å². The zero-order valence-corrected chi connectivity index (χ0v) is 26.4. The van der Waals surface area contributed by atoms with Gasteiger partial charge in [-0.15, -0.1) is 0 Å². The van der Waals surface area contributed by atoms with Crippen molar-refractivity contribution in [2.45, 2.75) is 57.3 Å². The summed E-state index contributed by atoms with van der Waals surface area (Å²) in [5.41, 5.74) is 7.41. The number of aromatic nitrogens is 4. The number of hydrogen-bond acceptors (Lipinski definition) is 8. The van der Waals surface area contributed by atoms with Gasteiger partial charge in [-0.05, 0) is 106 Å². The fourth-order valence-electron chi connectivity index (χ4n) is 7.77. The number of anilines is 1. The minimum atomic E-state index is 0.346. The van der Waals surface area contributed by atoms with Gasteiger partial charge in [-0.2, -0.15) is 5.10 Å². The molecule has 9 heteroatoms. The highest BCUT2D eigenvalue weighted by Gasteiger charge is 2.41. The molecule has 0 unspecified atom stereocenters. The van der Waals surface area contributed by atoms with Crippen molar-refractivity contribution in [3.63, 3.8) is 0 Å². The molecule has 8 rings (SSSR count). The number of fused-ring (bicyclic) bond motifs is 2. The van der Waals surface area contributed by atoms with E-state index in [2.05, 4.69) is 57.5 Å². The summed E-state index contributed by atoms with van der Waals surface area (Å²) in [6.45, 7) is 9.71. The fourth-order valence-corrected chi connectivity index (χ4v) is 7.77. The van der Waals surface area contributed by atoms with Gasteiger partial charge in [0, 0.05) is 55.5 Å². The van der Waals surface area contributed by atoms with Crippen LogP contribution in [0.5, 0.6) is 5.75 Å². The highest BCUT2D eigenvalue weighted by Crippen LogP contribution is 2.53. The number of likely N-dealkylation sites (tertiary alicyclic amines) is 1. The zero-order chi connectivity index (χ0) is 29.8. The topological polar surface area (TPSA) is 91.4 Å². The van der Waals surface area contributed by atoms with Crippen LogP contribution in [0.3, 0.4) is 0 Å². The number of nitrogens with one attached hydrogen (secondary N) is 2. The molecule has 2 N–H and O–H groups in total. The lowest BCUT2D eigenvalue weighted by Gasteiger charge is -2.48. The van der Waals surface area contributed by atoms with E-state index < -0.39 is 0 Å². The number of aryl methyl sites for hydroxylation is 1. The maximum Gasteiger partial charge on any atom is 0.153 e. The molecular weight excluding hydrogens is 550 g/mol. The summed E-state index contributed by atoms with van der Waals surface area (Å²) in [5, 5.41) is 13.4. The number of methoxy groups -OCH3 is 1. The first-order chi connectivity index (χ1) is 21.5. The molecule has 3 saturated heterocycles. The molecule has 0 amide bonds. The second-order valence-electron chi connectivity index (χ2n) is 13.8. The summed E-state index contributed by atoms with van der Waals surface area (Å²) in [7, 11) is 3.95. The lowest BCUT2D eigenvalue weighted by atomic mass is 9.73. The van der Waals surface area contributed by atoms with Crippen LogP contribution in [0.1, 0.15) is 67.3 Å². The molecule has 3 aliphatic heterocycles. The van der Waals surface area contributed by atoms with Crippen LogP contribution in [0, 0.1) is 12.3 Å². The number of piperidine rings is 2. The van der Waals surface area contributed by atoms with E-state index in [1.807, 2.05) is 6.20 Å². The van der Waals surface area contributed by atoms with Crippen molar-refractivity contribution in [2.75, 3.05) is 71.5 Å². The highest BCUT2D eigenvalue weighted by molar-refractivity contribution is 6.06. The van der Waals surface area contributed by atoms with Crippen LogP contribution in [-0.4, -0.2) is 91.7 Å². The van der Waals surface area contributed by atoms with E-state index in [0.29, 0.717) is 30.5 Å². The van der Waals surface area contributed by atoms with E-state index in [4.69, 9.17) is 19.4 Å². The molecule has 2 aromatic heterocycles. The van der Waals surface area contributed by atoms with Crippen LogP contribution in [0.4, 0.5) is 5.82 Å². The summed E-state index contributed by atoms with van der Waals surface area (Å²) < 4.78 is 12.3. The first-order valence-electron chi connectivity index (χ1n) is 16.6. The third-order valence-corrected chi connectivity index (χ3v) is 10.8. The molecule has 44 heavy (non-hydrogen) atoms. The Balaban J connectivity index is 1.37. The van der Waals surface area contributed by atoms with Crippen LogP contribution in [-0.2, 0) is 4.74 Å². The maximum absolute atomic E-state index is 6.82. The number of aromatic amines is 1. The molecule has 1 saturated carbocycles. The van der Waals surface area contributed by atoms with Gasteiger partial charge in [0.1, 0.15) is 23.8 Å². The Bertz CT molecular complexity index is 1670. The fraction of sp³-hybridized carbons (Fsp3) is 0.571. The molecule has 232 valence electrons. The largest absolute Gasteiger partial charge is 0.488 e. The molecule has 4 aliphatic rings. The number of rotatable bonds is 8. The van der Waals surface area contributed by atoms with Crippen molar-refractivity contribution in [1.82, 2.24) is 30.4 Å². The summed E-state index contributed by atoms with van der Waals surface area (Å²) in [5.74, 6) is 3.82. The SMILES string of the molecule is COCCOc1c(-c2c(C)ccc3[nH]ncc23)c(C2CC2)cc2c(N3CCC4(CC3)CNC4)nc(C3CCN(C)CC3)nc12. The van der Waals surface area contributed by atoms with Gasteiger partial charge in [-0.25, -0.2) is 9.97 Å². The number of ether oxygens (including phenoxy) is 2. The van der Waals surface area contributed by atoms with Gasteiger partial charge in [-0.3, -0.25) is 5.10 Å². The summed E-state index contributed by atoms with van der Waals surface area (Å²) in [6.07, 6.45) is 8.93. The van der Waals surface area contributed by atoms with E-state index >= 15 is 0 Å². The third-order valence-electron chi connectivity index (χ3n) is 10.8. The van der Waals surface area contributed by atoms with Crippen LogP contribution >= 0.6 is 0 Å². The van der Waals surface area contributed by atoms with Crippen LogP contribution < -0.4 is 15.0 Å². The lowest BCUT2D eigenvalue weighted by molar-refractivity contribution is 0.126. The van der Waals surface area contributed by atoms with Gasteiger partial charge in [0.2, 0.25) is 0 Å². The standard InChI is InChI=1S/C35H45N7O2/c1-22-4-7-28-27(19-37-40-28)29(22)30-25(23-5-6-23)18-26-31(32(30)44-17-16-43-3)38-33(24-8-12-41(2)13-9-24)39-34(26)42-14-10-35(11-15-42)20-36-21-35/h4,7,18-19,23-24,36H,5-6,8-17,20-21H2,1-3H3,(H,37,40).